The summed E-state index contributed by atoms with van der Waals surface area (Å²) in [5.41, 5.74) is 0.973. The van der Waals surface area contributed by atoms with Gasteiger partial charge in [-0.2, -0.15) is 0 Å². The van der Waals surface area contributed by atoms with Gasteiger partial charge in [-0.1, -0.05) is 17.7 Å². The van der Waals surface area contributed by atoms with Gasteiger partial charge in [-0.15, -0.1) is 0 Å². The number of benzene rings is 1. The highest BCUT2D eigenvalue weighted by atomic mass is 35.5. The van der Waals surface area contributed by atoms with Crippen LogP contribution in [-0.4, -0.2) is 58.8 Å². The summed E-state index contributed by atoms with van der Waals surface area (Å²) in [5.74, 6) is -1.67. The van der Waals surface area contributed by atoms with E-state index in [1.165, 1.54) is 4.90 Å². The highest BCUT2D eigenvalue weighted by Crippen LogP contribution is 2.39. The van der Waals surface area contributed by atoms with Gasteiger partial charge in [-0.25, -0.2) is 0 Å². The maximum Gasteiger partial charge on any atom is 0.290 e. The second kappa shape index (κ2) is 8.53. The summed E-state index contributed by atoms with van der Waals surface area (Å²) in [7, 11) is 3.89. The van der Waals surface area contributed by atoms with Gasteiger partial charge in [0.1, 0.15) is 11.6 Å². The van der Waals surface area contributed by atoms with Gasteiger partial charge >= 0.3 is 0 Å². The zero-order valence-electron chi connectivity index (χ0n) is 17.2. The van der Waals surface area contributed by atoms with Crippen LogP contribution >= 0.6 is 11.6 Å². The van der Waals surface area contributed by atoms with Crippen molar-refractivity contribution >= 4 is 34.3 Å². The van der Waals surface area contributed by atoms with Gasteiger partial charge in [-0.05, 0) is 63.5 Å². The molecule has 7 nitrogen and oxygen atoms in total. The van der Waals surface area contributed by atoms with Gasteiger partial charge in [0.15, 0.2) is 11.5 Å². The zero-order valence-corrected chi connectivity index (χ0v) is 18.0. The molecule has 1 N–H and O–H groups in total. The van der Waals surface area contributed by atoms with Crippen molar-refractivity contribution in [1.29, 1.82) is 0 Å². The predicted molar refractivity (Wildman–Crippen MR) is 117 cm³/mol. The Morgan fingerprint density at radius 3 is 2.77 bits per heavy atom. The summed E-state index contributed by atoms with van der Waals surface area (Å²) in [6, 6.07) is 11.1. The first-order valence-electron chi connectivity index (χ1n) is 9.90. The van der Waals surface area contributed by atoms with Crippen molar-refractivity contribution in [3.05, 3.63) is 76.5 Å². The number of hydrogen-bond donors (Lipinski definition) is 1. The fourth-order valence-electron chi connectivity index (χ4n) is 3.78. The Morgan fingerprint density at radius 2 is 2.06 bits per heavy atom. The highest BCUT2D eigenvalue weighted by molar-refractivity contribution is 6.31. The summed E-state index contributed by atoms with van der Waals surface area (Å²) < 4.78 is 5.70. The van der Waals surface area contributed by atoms with Gasteiger partial charge in [0, 0.05) is 23.2 Å². The number of nitrogens with zero attached hydrogens (tertiary/aromatic N) is 3. The number of halogens is 1. The second-order valence-electron chi connectivity index (χ2n) is 7.70. The number of aliphatic hydroxyl groups is 1. The number of hydrogen-bond acceptors (Lipinski definition) is 6. The smallest absolute Gasteiger partial charge is 0.290 e. The van der Waals surface area contributed by atoms with Crippen LogP contribution in [0, 0.1) is 0 Å². The minimum absolute atomic E-state index is 0.0290. The van der Waals surface area contributed by atoms with E-state index in [1.54, 1.807) is 48.7 Å². The molecule has 0 radical (unpaired) electrons. The number of amides is 1. The number of pyridine rings is 1. The fraction of sp³-hybridized carbons (Fsp3) is 0.261. The Kier molecular flexibility index (Phi) is 5.80. The third-order valence-electron chi connectivity index (χ3n) is 5.22. The van der Waals surface area contributed by atoms with Crippen LogP contribution in [0.2, 0.25) is 5.02 Å². The molecule has 3 aromatic rings. The van der Waals surface area contributed by atoms with Gasteiger partial charge in [0.2, 0.25) is 5.78 Å². The lowest BCUT2D eigenvalue weighted by Crippen LogP contribution is -2.33. The predicted octanol–water partition coefficient (Wildman–Crippen LogP) is 4.01. The summed E-state index contributed by atoms with van der Waals surface area (Å²) in [4.78, 5) is 34.2. The molecule has 8 heteroatoms. The number of aromatic nitrogens is 1. The highest BCUT2D eigenvalue weighted by Gasteiger charge is 2.44. The molecule has 0 bridgehead atoms. The normalized spacial score (nSPS) is 16.7. The average Bonchev–Trinajstić information content (AvgIpc) is 3.27. The molecule has 1 unspecified atom stereocenters. The quantitative estimate of drug-likeness (QED) is 0.560. The Hall–Kier alpha value is -3.16. The number of aliphatic hydroxyl groups excluding tert-OH is 1. The first-order valence-corrected chi connectivity index (χ1v) is 10.3. The fourth-order valence-corrected chi connectivity index (χ4v) is 3.96. The maximum absolute atomic E-state index is 13.4. The SMILES string of the molecule is CN(C)CCCN1C(=O)C(O)=C(C(=O)c2cc3cc(Cl)ccc3o2)C1c1ccccn1. The van der Waals surface area contributed by atoms with Crippen molar-refractivity contribution in [2.45, 2.75) is 12.5 Å². The van der Waals surface area contributed by atoms with Gasteiger partial charge in [0.05, 0.1) is 11.3 Å². The number of furan rings is 1. The summed E-state index contributed by atoms with van der Waals surface area (Å²) in [5, 5.41) is 11.9. The summed E-state index contributed by atoms with van der Waals surface area (Å²) >= 11 is 6.03. The van der Waals surface area contributed by atoms with E-state index in [-0.39, 0.29) is 11.3 Å². The maximum atomic E-state index is 13.4. The van der Waals surface area contributed by atoms with Crippen LogP contribution in [0.5, 0.6) is 0 Å². The van der Waals surface area contributed by atoms with Gasteiger partial charge < -0.3 is 19.3 Å². The Balaban J connectivity index is 1.73. The van der Waals surface area contributed by atoms with E-state index in [9.17, 15) is 14.7 Å². The third kappa shape index (κ3) is 4.06. The summed E-state index contributed by atoms with van der Waals surface area (Å²) in [6.45, 7) is 1.13. The monoisotopic (exact) mass is 439 g/mol. The molecule has 1 aliphatic rings. The molecule has 1 atom stereocenters. The van der Waals surface area contributed by atoms with Crippen LogP contribution in [0.3, 0.4) is 0 Å². The minimum atomic E-state index is -0.792. The molecule has 0 spiro atoms. The van der Waals surface area contributed by atoms with Crippen molar-refractivity contribution in [2.75, 3.05) is 27.2 Å². The molecule has 0 saturated heterocycles. The Bertz CT molecular complexity index is 1170. The van der Waals surface area contributed by atoms with Crippen molar-refractivity contribution < 1.29 is 19.1 Å². The van der Waals surface area contributed by atoms with Crippen LogP contribution in [0.15, 0.2) is 64.4 Å². The number of rotatable bonds is 7. The molecule has 1 amide bonds. The molecule has 0 aliphatic carbocycles. The van der Waals surface area contributed by atoms with Gasteiger partial charge in [-0.3, -0.25) is 14.6 Å². The van der Waals surface area contributed by atoms with Crippen LogP contribution in [0.25, 0.3) is 11.0 Å². The third-order valence-corrected chi connectivity index (χ3v) is 5.46. The van der Waals surface area contributed by atoms with E-state index in [0.717, 1.165) is 6.54 Å². The van der Waals surface area contributed by atoms with Crippen LogP contribution in [0.4, 0.5) is 0 Å². The molecule has 3 heterocycles. The number of carbonyl (C=O) groups is 2. The van der Waals surface area contributed by atoms with Crippen LogP contribution < -0.4 is 0 Å². The first-order chi connectivity index (χ1) is 14.9. The number of carbonyl (C=O) groups excluding carboxylic acids is 2. The number of ketones is 1. The van der Waals surface area contributed by atoms with Gasteiger partial charge in [0.25, 0.3) is 5.91 Å². The number of Topliss-reactive ketones (excluding diaryl/α,β-unsaturated/α-hetero) is 1. The zero-order chi connectivity index (χ0) is 22.1. The molecule has 0 fully saturated rings. The molecule has 4 rings (SSSR count). The Labute approximate surface area is 184 Å². The van der Waals surface area contributed by atoms with E-state index in [2.05, 4.69) is 4.98 Å². The van der Waals surface area contributed by atoms with Crippen molar-refractivity contribution in [2.24, 2.45) is 0 Å². The molecular weight excluding hydrogens is 418 g/mol. The Morgan fingerprint density at radius 1 is 1.26 bits per heavy atom. The van der Waals surface area contributed by atoms with E-state index < -0.39 is 23.5 Å². The van der Waals surface area contributed by atoms with Crippen molar-refractivity contribution in [1.82, 2.24) is 14.8 Å². The van der Waals surface area contributed by atoms with E-state index in [0.29, 0.717) is 34.7 Å². The molecule has 2 aromatic heterocycles. The average molecular weight is 440 g/mol. The number of fused-ring (bicyclic) bond motifs is 1. The lowest BCUT2D eigenvalue weighted by Gasteiger charge is -2.26. The molecule has 1 aliphatic heterocycles. The molecule has 31 heavy (non-hydrogen) atoms. The van der Waals surface area contributed by atoms with Crippen molar-refractivity contribution in [3.63, 3.8) is 0 Å². The van der Waals surface area contributed by atoms with Crippen LogP contribution in [0.1, 0.15) is 28.7 Å². The standard InChI is InChI=1S/C23H22ClN3O4/c1-26(2)10-5-11-27-20(16-6-3-4-9-25-16)19(22(29)23(27)30)21(28)18-13-14-12-15(24)7-8-17(14)31-18/h3-4,6-9,12-13,20,29H,5,10-11H2,1-2H3. The molecule has 160 valence electrons. The lowest BCUT2D eigenvalue weighted by atomic mass is 9.98. The molecule has 0 saturated carbocycles. The van der Waals surface area contributed by atoms with E-state index in [1.807, 2.05) is 19.0 Å². The molecule has 1 aromatic carbocycles. The lowest BCUT2D eigenvalue weighted by molar-refractivity contribution is -0.129. The minimum Gasteiger partial charge on any atom is -0.503 e. The first kappa shape index (κ1) is 21.1. The van der Waals surface area contributed by atoms with Crippen LogP contribution in [-0.2, 0) is 4.79 Å². The molecular formula is C23H22ClN3O4. The largest absolute Gasteiger partial charge is 0.503 e. The topological polar surface area (TPSA) is 86.9 Å². The second-order valence-corrected chi connectivity index (χ2v) is 8.13. The van der Waals surface area contributed by atoms with E-state index >= 15 is 0 Å². The van der Waals surface area contributed by atoms with Crippen molar-refractivity contribution in [3.8, 4) is 0 Å². The van der Waals surface area contributed by atoms with E-state index in [4.69, 9.17) is 16.0 Å². The summed E-state index contributed by atoms with van der Waals surface area (Å²) in [6.07, 6.45) is 2.28.